The molecular weight excluding hydrogens is 268 g/mol. The first kappa shape index (κ1) is 13.3. The molecule has 102 valence electrons. The maximum atomic E-state index is 12.0. The first-order valence-electron chi connectivity index (χ1n) is 5.61. The first-order chi connectivity index (χ1) is 9.10. The van der Waals surface area contributed by atoms with E-state index in [4.69, 9.17) is 15.0 Å². The van der Waals surface area contributed by atoms with Gasteiger partial charge in [-0.1, -0.05) is 0 Å². The summed E-state index contributed by atoms with van der Waals surface area (Å²) >= 11 is 1.39. The number of carbonyl (C=O) groups excluding carboxylic acids is 1. The van der Waals surface area contributed by atoms with Crippen molar-refractivity contribution < 1.29 is 14.1 Å². The predicted molar refractivity (Wildman–Crippen MR) is 70.4 cm³/mol. The number of methoxy groups -OCH3 is 1. The Morgan fingerprint density at radius 2 is 2.42 bits per heavy atom. The van der Waals surface area contributed by atoms with Crippen LogP contribution >= 0.6 is 11.3 Å². The van der Waals surface area contributed by atoms with E-state index in [0.717, 1.165) is 4.88 Å². The van der Waals surface area contributed by atoms with Gasteiger partial charge in [-0.2, -0.15) is 4.98 Å². The fraction of sp³-hybridized carbons (Fsp3) is 0.364. The average molecular weight is 282 g/mol. The lowest BCUT2D eigenvalue weighted by Crippen LogP contribution is -2.25. The second-order valence-corrected chi connectivity index (χ2v) is 5.06. The second-order valence-electron chi connectivity index (χ2n) is 3.81. The van der Waals surface area contributed by atoms with E-state index in [1.807, 2.05) is 13.0 Å². The summed E-state index contributed by atoms with van der Waals surface area (Å²) in [6.45, 7) is 2.31. The fourth-order valence-electron chi connectivity index (χ4n) is 1.53. The van der Waals surface area contributed by atoms with Gasteiger partial charge in [0.2, 0.25) is 5.89 Å². The highest BCUT2D eigenvalue weighted by molar-refractivity contribution is 7.14. The molecule has 0 saturated heterocycles. The van der Waals surface area contributed by atoms with Crippen LogP contribution < -0.4 is 15.8 Å². The number of aromatic nitrogens is 2. The summed E-state index contributed by atoms with van der Waals surface area (Å²) in [5.74, 6) is 0.897. The van der Waals surface area contributed by atoms with Crippen molar-refractivity contribution in [1.29, 1.82) is 0 Å². The van der Waals surface area contributed by atoms with Crippen molar-refractivity contribution in [3.8, 4) is 5.75 Å². The van der Waals surface area contributed by atoms with E-state index in [0.29, 0.717) is 29.5 Å². The molecular formula is C11H14N4O3S. The van der Waals surface area contributed by atoms with Crippen LogP contribution in [0.5, 0.6) is 5.75 Å². The number of carbonyl (C=O) groups is 1. The Morgan fingerprint density at radius 1 is 1.63 bits per heavy atom. The Morgan fingerprint density at radius 3 is 3.05 bits per heavy atom. The maximum absolute atomic E-state index is 12.0. The average Bonchev–Trinajstić information content (AvgIpc) is 2.95. The highest BCUT2D eigenvalue weighted by atomic mass is 32.1. The van der Waals surface area contributed by atoms with E-state index in [1.54, 1.807) is 7.11 Å². The third-order valence-electron chi connectivity index (χ3n) is 2.36. The van der Waals surface area contributed by atoms with Crippen LogP contribution in [0.3, 0.4) is 0 Å². The fourth-order valence-corrected chi connectivity index (χ4v) is 2.43. The number of anilines is 1. The van der Waals surface area contributed by atoms with Gasteiger partial charge in [0.25, 0.3) is 11.9 Å². The van der Waals surface area contributed by atoms with Crippen LogP contribution in [0.25, 0.3) is 0 Å². The van der Waals surface area contributed by atoms with Gasteiger partial charge in [0, 0.05) is 17.8 Å². The van der Waals surface area contributed by atoms with Crippen molar-refractivity contribution in [3.63, 3.8) is 0 Å². The van der Waals surface area contributed by atoms with Crippen LogP contribution in [0.2, 0.25) is 0 Å². The lowest BCUT2D eigenvalue weighted by molar-refractivity contribution is 0.0955. The number of aryl methyl sites for hydroxylation is 1. The van der Waals surface area contributed by atoms with Crippen molar-refractivity contribution in [1.82, 2.24) is 15.5 Å². The molecule has 2 rings (SSSR count). The molecule has 8 heteroatoms. The minimum Gasteiger partial charge on any atom is -0.495 e. The molecule has 2 aromatic rings. The molecule has 0 radical (unpaired) electrons. The smallest absolute Gasteiger partial charge is 0.265 e. The molecule has 0 atom stereocenters. The highest BCUT2D eigenvalue weighted by Crippen LogP contribution is 2.28. The predicted octanol–water partition coefficient (Wildman–Crippen LogP) is 1.00. The second kappa shape index (κ2) is 5.70. The van der Waals surface area contributed by atoms with Crippen LogP contribution in [0.1, 0.15) is 20.4 Å². The molecule has 0 unspecified atom stereocenters. The molecule has 0 aromatic carbocycles. The summed E-state index contributed by atoms with van der Waals surface area (Å²) in [4.78, 5) is 17.4. The third kappa shape index (κ3) is 3.22. The Kier molecular flexibility index (Phi) is 4.00. The normalized spacial score (nSPS) is 10.4. The molecule has 0 saturated carbocycles. The molecule has 0 bridgehead atoms. The lowest BCUT2D eigenvalue weighted by atomic mass is 10.3. The van der Waals surface area contributed by atoms with Gasteiger partial charge in [-0.3, -0.25) is 4.79 Å². The molecule has 1 amide bonds. The van der Waals surface area contributed by atoms with Gasteiger partial charge >= 0.3 is 0 Å². The molecule has 0 fully saturated rings. The Balaban J connectivity index is 1.90. The summed E-state index contributed by atoms with van der Waals surface area (Å²) < 4.78 is 9.99. The van der Waals surface area contributed by atoms with Crippen LogP contribution in [-0.2, 0) is 6.42 Å². The van der Waals surface area contributed by atoms with Crippen molar-refractivity contribution >= 4 is 23.2 Å². The molecule has 19 heavy (non-hydrogen) atoms. The number of rotatable bonds is 5. The number of nitrogens with two attached hydrogens (primary N) is 1. The first-order valence-corrected chi connectivity index (χ1v) is 6.42. The van der Waals surface area contributed by atoms with Gasteiger partial charge < -0.3 is 20.3 Å². The van der Waals surface area contributed by atoms with E-state index in [-0.39, 0.29) is 11.9 Å². The number of nitrogen functional groups attached to an aromatic ring is 1. The lowest BCUT2D eigenvalue weighted by Gasteiger charge is -2.03. The van der Waals surface area contributed by atoms with Crippen LogP contribution in [0.4, 0.5) is 5.95 Å². The number of nitrogens with one attached hydrogen (secondary N) is 1. The highest BCUT2D eigenvalue weighted by Gasteiger charge is 2.15. The number of ether oxygens (including phenoxy) is 1. The summed E-state index contributed by atoms with van der Waals surface area (Å²) in [7, 11) is 1.54. The molecule has 7 nitrogen and oxygen atoms in total. The molecule has 0 spiro atoms. The van der Waals surface area contributed by atoms with Crippen molar-refractivity contribution in [2.24, 2.45) is 0 Å². The van der Waals surface area contributed by atoms with Gasteiger partial charge in [-0.05, 0) is 18.1 Å². The monoisotopic (exact) mass is 282 g/mol. The van der Waals surface area contributed by atoms with Gasteiger partial charge in [0.1, 0.15) is 10.6 Å². The van der Waals surface area contributed by atoms with Crippen molar-refractivity contribution in [2.75, 3.05) is 19.4 Å². The van der Waals surface area contributed by atoms with E-state index in [2.05, 4.69) is 15.5 Å². The third-order valence-corrected chi connectivity index (χ3v) is 3.39. The van der Waals surface area contributed by atoms with Crippen LogP contribution in [0, 0.1) is 6.92 Å². The molecule has 3 N–H and O–H groups in total. The summed E-state index contributed by atoms with van der Waals surface area (Å²) in [5, 5.41) is 6.23. The zero-order valence-electron chi connectivity index (χ0n) is 10.6. The topological polar surface area (TPSA) is 103 Å². The maximum Gasteiger partial charge on any atom is 0.265 e. The van der Waals surface area contributed by atoms with Crippen molar-refractivity contribution in [2.45, 2.75) is 13.3 Å². The van der Waals surface area contributed by atoms with Gasteiger partial charge in [0.05, 0.1) is 7.11 Å². The van der Waals surface area contributed by atoms with Gasteiger partial charge in [-0.15, -0.1) is 11.3 Å². The molecule has 0 aliphatic rings. The number of amides is 1. The van der Waals surface area contributed by atoms with Gasteiger partial charge in [0.15, 0.2) is 0 Å². The Bertz CT molecular complexity index is 578. The van der Waals surface area contributed by atoms with Crippen LogP contribution in [-0.4, -0.2) is 29.7 Å². The van der Waals surface area contributed by atoms with E-state index in [1.165, 1.54) is 11.3 Å². The molecule has 2 aromatic heterocycles. The number of thiophene rings is 1. The zero-order valence-corrected chi connectivity index (χ0v) is 11.4. The standard InChI is InChI=1S/C11H14N4O3S/c1-6-5-7(17-2)9(19-6)10(16)13-4-3-8-14-11(12)15-18-8/h5H,3-4H2,1-2H3,(H2,12,15)(H,13,16). The number of nitrogens with zero attached hydrogens (tertiary/aromatic N) is 2. The SMILES string of the molecule is COc1cc(C)sc1C(=O)NCCc1nc(N)no1. The van der Waals surface area contributed by atoms with Crippen molar-refractivity contribution in [3.05, 3.63) is 21.7 Å². The quantitative estimate of drug-likeness (QED) is 0.848. The van der Waals surface area contributed by atoms with Crippen LogP contribution in [0.15, 0.2) is 10.6 Å². The van der Waals surface area contributed by atoms with E-state index < -0.39 is 0 Å². The Labute approximate surface area is 113 Å². The van der Waals surface area contributed by atoms with Gasteiger partial charge in [-0.25, -0.2) is 0 Å². The largest absolute Gasteiger partial charge is 0.495 e. The molecule has 2 heterocycles. The minimum absolute atomic E-state index is 0.0943. The molecule has 0 aliphatic heterocycles. The number of hydrogen-bond donors (Lipinski definition) is 2. The zero-order chi connectivity index (χ0) is 13.8. The summed E-state index contributed by atoms with van der Waals surface area (Å²) in [5.41, 5.74) is 5.32. The molecule has 0 aliphatic carbocycles. The van der Waals surface area contributed by atoms with E-state index >= 15 is 0 Å². The number of hydrogen-bond acceptors (Lipinski definition) is 7. The minimum atomic E-state index is -0.178. The summed E-state index contributed by atoms with van der Waals surface area (Å²) in [6, 6.07) is 1.83. The summed E-state index contributed by atoms with van der Waals surface area (Å²) in [6.07, 6.45) is 0.433. The van der Waals surface area contributed by atoms with E-state index in [9.17, 15) is 4.79 Å². The Hall–Kier alpha value is -2.09.